The van der Waals surface area contributed by atoms with Crippen molar-refractivity contribution in [3.63, 3.8) is 0 Å². The predicted molar refractivity (Wildman–Crippen MR) is 79.8 cm³/mol. The molecule has 0 radical (unpaired) electrons. The maximum absolute atomic E-state index is 13.3. The van der Waals surface area contributed by atoms with Gasteiger partial charge in [-0.3, -0.25) is 0 Å². The molecule has 1 aliphatic heterocycles. The van der Waals surface area contributed by atoms with E-state index >= 15 is 0 Å². The first-order valence-corrected chi connectivity index (χ1v) is 7.26. The Morgan fingerprint density at radius 2 is 2.00 bits per heavy atom. The number of aliphatic hydroxyl groups excluding tert-OH is 1. The second-order valence-electron chi connectivity index (χ2n) is 5.94. The third kappa shape index (κ3) is 3.08. The summed E-state index contributed by atoms with van der Waals surface area (Å²) >= 11 is 0. The first-order chi connectivity index (χ1) is 10.1. The molecule has 110 valence electrons. The van der Waals surface area contributed by atoms with E-state index in [2.05, 4.69) is 12.1 Å². The molecule has 0 bridgehead atoms. The highest BCUT2D eigenvalue weighted by atomic mass is 19.1. The highest BCUT2D eigenvalue weighted by Gasteiger charge is 2.36. The predicted octanol–water partition coefficient (Wildman–Crippen LogP) is 4.03. The second kappa shape index (κ2) is 5.49. The third-order valence-corrected chi connectivity index (χ3v) is 4.10. The minimum absolute atomic E-state index is 0.343. The normalized spacial score (nSPS) is 24.2. The van der Waals surface area contributed by atoms with Crippen LogP contribution < -0.4 is 4.74 Å². The molecule has 2 atom stereocenters. The van der Waals surface area contributed by atoms with E-state index < -0.39 is 11.7 Å². The summed E-state index contributed by atoms with van der Waals surface area (Å²) < 4.78 is 19.3. The summed E-state index contributed by atoms with van der Waals surface area (Å²) in [5.41, 5.74) is 1.37. The van der Waals surface area contributed by atoms with Crippen LogP contribution in [-0.4, -0.2) is 10.7 Å². The van der Waals surface area contributed by atoms with Crippen LogP contribution in [0.25, 0.3) is 0 Å². The molecule has 2 aromatic rings. The van der Waals surface area contributed by atoms with Crippen LogP contribution >= 0.6 is 0 Å². The largest absolute Gasteiger partial charge is 0.487 e. The highest BCUT2D eigenvalue weighted by Crippen LogP contribution is 2.41. The van der Waals surface area contributed by atoms with Crippen LogP contribution in [0.5, 0.6) is 5.75 Å². The second-order valence-corrected chi connectivity index (χ2v) is 5.94. The fraction of sp³-hybridized carbons (Fsp3) is 0.333. The van der Waals surface area contributed by atoms with E-state index in [0.717, 1.165) is 12.8 Å². The molecule has 21 heavy (non-hydrogen) atoms. The lowest BCUT2D eigenvalue weighted by molar-refractivity contribution is -0.00697. The van der Waals surface area contributed by atoms with E-state index in [1.807, 2.05) is 25.1 Å². The van der Waals surface area contributed by atoms with Gasteiger partial charge in [-0.1, -0.05) is 30.3 Å². The lowest BCUT2D eigenvalue weighted by atomic mass is 9.86. The molecular weight excluding hydrogens is 267 g/mol. The molecule has 2 aromatic carbocycles. The molecule has 0 spiro atoms. The van der Waals surface area contributed by atoms with Gasteiger partial charge in [-0.2, -0.15) is 0 Å². The van der Waals surface area contributed by atoms with Gasteiger partial charge in [-0.25, -0.2) is 4.39 Å². The van der Waals surface area contributed by atoms with Gasteiger partial charge in [0, 0.05) is 12.0 Å². The van der Waals surface area contributed by atoms with Gasteiger partial charge >= 0.3 is 0 Å². The standard InChI is InChI=1S/C18H19FO2/c1-18(10-9-13-5-3-2-4-6-13)12-16(20)15-11-14(19)7-8-17(15)21-18/h2-8,11,16,20H,9-10,12H2,1H3/t16-,18?/m0/s1. The minimum atomic E-state index is -0.676. The minimum Gasteiger partial charge on any atom is -0.487 e. The summed E-state index contributed by atoms with van der Waals surface area (Å²) in [6.07, 6.45) is 1.51. The lowest BCUT2D eigenvalue weighted by Crippen LogP contribution is -2.38. The van der Waals surface area contributed by atoms with Gasteiger partial charge in [0.2, 0.25) is 0 Å². The molecule has 0 amide bonds. The molecule has 1 unspecified atom stereocenters. The fourth-order valence-corrected chi connectivity index (χ4v) is 2.91. The Balaban J connectivity index is 1.76. The first kappa shape index (κ1) is 14.1. The molecule has 1 N–H and O–H groups in total. The Morgan fingerprint density at radius 3 is 2.76 bits per heavy atom. The summed E-state index contributed by atoms with van der Waals surface area (Å²) in [5, 5.41) is 10.3. The maximum atomic E-state index is 13.3. The van der Waals surface area contributed by atoms with Crippen molar-refractivity contribution in [2.24, 2.45) is 0 Å². The van der Waals surface area contributed by atoms with Gasteiger partial charge in [-0.05, 0) is 43.5 Å². The molecule has 0 saturated heterocycles. The summed E-state index contributed by atoms with van der Waals surface area (Å²) in [6, 6.07) is 14.5. The van der Waals surface area contributed by atoms with Crippen molar-refractivity contribution in [1.29, 1.82) is 0 Å². The average molecular weight is 286 g/mol. The molecule has 3 rings (SSSR count). The van der Waals surface area contributed by atoms with Crippen LogP contribution in [0.2, 0.25) is 0 Å². The third-order valence-electron chi connectivity index (χ3n) is 4.10. The summed E-state index contributed by atoms with van der Waals surface area (Å²) in [7, 11) is 0. The smallest absolute Gasteiger partial charge is 0.126 e. The Hall–Kier alpha value is -1.87. The van der Waals surface area contributed by atoms with E-state index in [9.17, 15) is 9.50 Å². The SMILES string of the molecule is CC1(CCc2ccccc2)C[C@H](O)c2cc(F)ccc2O1. The summed E-state index contributed by atoms with van der Waals surface area (Å²) in [4.78, 5) is 0. The Bertz CT molecular complexity index is 626. The number of fused-ring (bicyclic) bond motifs is 1. The van der Waals surface area contributed by atoms with Gasteiger partial charge in [0.1, 0.15) is 17.2 Å². The van der Waals surface area contributed by atoms with Crippen molar-refractivity contribution >= 4 is 0 Å². The first-order valence-electron chi connectivity index (χ1n) is 7.26. The zero-order valence-corrected chi connectivity index (χ0v) is 12.1. The van der Waals surface area contributed by atoms with E-state index in [1.54, 1.807) is 6.07 Å². The number of hydrogen-bond donors (Lipinski definition) is 1. The van der Waals surface area contributed by atoms with Crippen LogP contribution in [-0.2, 0) is 6.42 Å². The Morgan fingerprint density at radius 1 is 1.24 bits per heavy atom. The molecule has 0 fully saturated rings. The number of benzene rings is 2. The van der Waals surface area contributed by atoms with Crippen LogP contribution in [0, 0.1) is 5.82 Å². The van der Waals surface area contributed by atoms with Crippen molar-refractivity contribution in [2.75, 3.05) is 0 Å². The van der Waals surface area contributed by atoms with Crippen LogP contribution in [0.3, 0.4) is 0 Å². The number of ether oxygens (including phenoxy) is 1. The van der Waals surface area contributed by atoms with Crippen molar-refractivity contribution in [3.05, 3.63) is 65.5 Å². The van der Waals surface area contributed by atoms with Gasteiger partial charge < -0.3 is 9.84 Å². The number of aliphatic hydroxyl groups is 1. The van der Waals surface area contributed by atoms with Crippen molar-refractivity contribution in [1.82, 2.24) is 0 Å². The average Bonchev–Trinajstić information content (AvgIpc) is 2.47. The van der Waals surface area contributed by atoms with Crippen molar-refractivity contribution < 1.29 is 14.2 Å². The van der Waals surface area contributed by atoms with Crippen LogP contribution in [0.15, 0.2) is 48.5 Å². The van der Waals surface area contributed by atoms with Crippen LogP contribution in [0.4, 0.5) is 4.39 Å². The molecular formula is C18H19FO2. The van der Waals surface area contributed by atoms with Crippen LogP contribution in [0.1, 0.15) is 37.0 Å². The molecule has 1 aliphatic rings. The van der Waals surface area contributed by atoms with Gasteiger partial charge in [0.25, 0.3) is 0 Å². The van der Waals surface area contributed by atoms with Crippen molar-refractivity contribution in [2.45, 2.75) is 37.9 Å². The summed E-state index contributed by atoms with van der Waals surface area (Å²) in [6.45, 7) is 2.01. The molecule has 0 saturated carbocycles. The quantitative estimate of drug-likeness (QED) is 0.923. The molecule has 1 heterocycles. The zero-order valence-electron chi connectivity index (χ0n) is 12.1. The molecule has 0 aliphatic carbocycles. The fourth-order valence-electron chi connectivity index (χ4n) is 2.91. The number of hydrogen-bond acceptors (Lipinski definition) is 2. The molecule has 3 heteroatoms. The van der Waals surface area contributed by atoms with E-state index in [1.165, 1.54) is 17.7 Å². The zero-order chi connectivity index (χ0) is 14.9. The van der Waals surface area contributed by atoms with E-state index in [4.69, 9.17) is 4.74 Å². The van der Waals surface area contributed by atoms with Gasteiger partial charge in [-0.15, -0.1) is 0 Å². The Kier molecular flexibility index (Phi) is 3.68. The topological polar surface area (TPSA) is 29.5 Å². The van der Waals surface area contributed by atoms with Crippen molar-refractivity contribution in [3.8, 4) is 5.75 Å². The van der Waals surface area contributed by atoms with E-state index in [-0.39, 0.29) is 5.82 Å². The molecule has 0 aromatic heterocycles. The number of rotatable bonds is 3. The number of aryl methyl sites for hydroxylation is 1. The monoisotopic (exact) mass is 286 g/mol. The van der Waals surface area contributed by atoms with Gasteiger partial charge in [0.15, 0.2) is 0 Å². The molecule has 2 nitrogen and oxygen atoms in total. The number of halogens is 1. The summed E-state index contributed by atoms with van der Waals surface area (Å²) in [5.74, 6) is 0.245. The lowest BCUT2D eigenvalue weighted by Gasteiger charge is -2.38. The Labute approximate surface area is 124 Å². The van der Waals surface area contributed by atoms with Gasteiger partial charge in [0.05, 0.1) is 6.10 Å². The highest BCUT2D eigenvalue weighted by molar-refractivity contribution is 5.38. The van der Waals surface area contributed by atoms with E-state index in [0.29, 0.717) is 17.7 Å². The maximum Gasteiger partial charge on any atom is 0.126 e.